The summed E-state index contributed by atoms with van der Waals surface area (Å²) in [4.78, 5) is 11.7. The number of nitrogens with two attached hydrogens (primary N) is 1. The third kappa shape index (κ3) is 11.0. The van der Waals surface area contributed by atoms with E-state index in [1.54, 1.807) is 0 Å². The molecule has 0 fully saturated rings. The smallest absolute Gasteiger partial charge is 0.220 e. The molecular formula is C15H32N2O2. The van der Waals surface area contributed by atoms with Crippen molar-refractivity contribution in [2.75, 3.05) is 19.7 Å². The van der Waals surface area contributed by atoms with Gasteiger partial charge >= 0.3 is 0 Å². The van der Waals surface area contributed by atoms with Gasteiger partial charge in [0.1, 0.15) is 0 Å². The van der Waals surface area contributed by atoms with E-state index in [2.05, 4.69) is 19.2 Å². The zero-order valence-corrected chi connectivity index (χ0v) is 13.1. The van der Waals surface area contributed by atoms with Crippen molar-refractivity contribution in [1.29, 1.82) is 0 Å². The van der Waals surface area contributed by atoms with Gasteiger partial charge in [0.05, 0.1) is 6.10 Å². The van der Waals surface area contributed by atoms with Gasteiger partial charge in [-0.25, -0.2) is 0 Å². The van der Waals surface area contributed by atoms with Crippen LogP contribution in [0.15, 0.2) is 0 Å². The first-order valence-electron chi connectivity index (χ1n) is 7.55. The van der Waals surface area contributed by atoms with E-state index in [0.29, 0.717) is 38.0 Å². The number of carbonyl (C=O) groups excluding carboxylic acids is 1. The quantitative estimate of drug-likeness (QED) is 0.567. The molecule has 0 heterocycles. The molecule has 0 saturated heterocycles. The molecule has 114 valence electrons. The van der Waals surface area contributed by atoms with E-state index < -0.39 is 0 Å². The monoisotopic (exact) mass is 272 g/mol. The van der Waals surface area contributed by atoms with Crippen LogP contribution in [0.25, 0.3) is 0 Å². The summed E-state index contributed by atoms with van der Waals surface area (Å²) in [6.45, 7) is 10.5. The first-order valence-corrected chi connectivity index (χ1v) is 7.55. The summed E-state index contributed by atoms with van der Waals surface area (Å²) in [5, 5.41) is 2.94. The van der Waals surface area contributed by atoms with Crippen LogP contribution in [-0.4, -0.2) is 31.7 Å². The third-order valence-electron chi connectivity index (χ3n) is 3.32. The van der Waals surface area contributed by atoms with Crippen molar-refractivity contribution in [1.82, 2.24) is 5.32 Å². The molecule has 0 aliphatic carbocycles. The van der Waals surface area contributed by atoms with Gasteiger partial charge in [0.25, 0.3) is 0 Å². The Morgan fingerprint density at radius 1 is 1.21 bits per heavy atom. The van der Waals surface area contributed by atoms with E-state index in [9.17, 15) is 4.79 Å². The molecule has 0 aliphatic heterocycles. The number of amides is 1. The van der Waals surface area contributed by atoms with E-state index in [1.165, 1.54) is 0 Å². The molecule has 0 aromatic heterocycles. The Morgan fingerprint density at radius 2 is 1.89 bits per heavy atom. The van der Waals surface area contributed by atoms with Gasteiger partial charge in [-0.15, -0.1) is 0 Å². The Balaban J connectivity index is 3.62. The van der Waals surface area contributed by atoms with E-state index in [4.69, 9.17) is 10.5 Å². The van der Waals surface area contributed by atoms with Crippen LogP contribution in [0.3, 0.4) is 0 Å². The molecule has 1 amide bonds. The highest BCUT2D eigenvalue weighted by Crippen LogP contribution is 2.20. The second kappa shape index (κ2) is 11.2. The molecule has 1 unspecified atom stereocenters. The molecular weight excluding hydrogens is 240 g/mol. The first-order chi connectivity index (χ1) is 8.97. The number of hydrogen-bond donors (Lipinski definition) is 2. The van der Waals surface area contributed by atoms with Crippen LogP contribution >= 0.6 is 0 Å². The van der Waals surface area contributed by atoms with Crippen LogP contribution in [0.4, 0.5) is 0 Å². The van der Waals surface area contributed by atoms with Crippen LogP contribution in [0.2, 0.25) is 0 Å². The van der Waals surface area contributed by atoms with Crippen molar-refractivity contribution >= 4 is 5.91 Å². The average molecular weight is 272 g/mol. The van der Waals surface area contributed by atoms with Crippen molar-refractivity contribution in [2.24, 2.45) is 17.6 Å². The average Bonchev–Trinajstić information content (AvgIpc) is 2.33. The van der Waals surface area contributed by atoms with Crippen molar-refractivity contribution in [3.05, 3.63) is 0 Å². The van der Waals surface area contributed by atoms with Gasteiger partial charge in [-0.3, -0.25) is 4.79 Å². The molecule has 0 aliphatic rings. The fourth-order valence-corrected chi connectivity index (χ4v) is 2.05. The fraction of sp³-hybridized carbons (Fsp3) is 0.933. The SMILES string of the molecule is CC(C)OCCCNC(=O)CCC(CCN)C(C)C. The van der Waals surface area contributed by atoms with Crippen LogP contribution in [0.5, 0.6) is 0 Å². The van der Waals surface area contributed by atoms with Crippen molar-refractivity contribution in [3.8, 4) is 0 Å². The topological polar surface area (TPSA) is 64.3 Å². The molecule has 4 heteroatoms. The van der Waals surface area contributed by atoms with Crippen molar-refractivity contribution in [2.45, 2.75) is 59.5 Å². The number of hydrogen-bond acceptors (Lipinski definition) is 3. The summed E-state index contributed by atoms with van der Waals surface area (Å²) >= 11 is 0. The van der Waals surface area contributed by atoms with E-state index in [1.807, 2.05) is 13.8 Å². The molecule has 0 rings (SSSR count). The molecule has 4 nitrogen and oxygen atoms in total. The Labute approximate surface area is 118 Å². The van der Waals surface area contributed by atoms with Gasteiger partial charge in [0.2, 0.25) is 5.91 Å². The summed E-state index contributed by atoms with van der Waals surface area (Å²) in [5.74, 6) is 1.29. The van der Waals surface area contributed by atoms with Gasteiger partial charge in [0.15, 0.2) is 0 Å². The van der Waals surface area contributed by atoms with Gasteiger partial charge in [-0.2, -0.15) is 0 Å². The van der Waals surface area contributed by atoms with E-state index in [0.717, 1.165) is 19.3 Å². The standard InChI is InChI=1S/C15H32N2O2/c1-12(2)14(8-9-16)6-7-15(18)17-10-5-11-19-13(3)4/h12-14H,5-11,16H2,1-4H3,(H,17,18). The van der Waals surface area contributed by atoms with Crippen LogP contribution in [0, 0.1) is 11.8 Å². The Hall–Kier alpha value is -0.610. The minimum Gasteiger partial charge on any atom is -0.379 e. The summed E-state index contributed by atoms with van der Waals surface area (Å²) in [5.41, 5.74) is 5.60. The predicted molar refractivity (Wildman–Crippen MR) is 79.9 cm³/mol. The summed E-state index contributed by atoms with van der Waals surface area (Å²) in [6, 6.07) is 0. The molecule has 1 atom stereocenters. The van der Waals surface area contributed by atoms with Gasteiger partial charge in [-0.05, 0) is 51.5 Å². The van der Waals surface area contributed by atoms with E-state index >= 15 is 0 Å². The molecule has 0 spiro atoms. The van der Waals surface area contributed by atoms with Crippen LogP contribution < -0.4 is 11.1 Å². The fourth-order valence-electron chi connectivity index (χ4n) is 2.05. The van der Waals surface area contributed by atoms with Crippen molar-refractivity contribution in [3.63, 3.8) is 0 Å². The third-order valence-corrected chi connectivity index (χ3v) is 3.32. The Bertz CT molecular complexity index is 230. The maximum atomic E-state index is 11.7. The zero-order valence-electron chi connectivity index (χ0n) is 13.1. The minimum atomic E-state index is 0.146. The van der Waals surface area contributed by atoms with E-state index in [-0.39, 0.29) is 12.0 Å². The summed E-state index contributed by atoms with van der Waals surface area (Å²) < 4.78 is 5.42. The lowest BCUT2D eigenvalue weighted by molar-refractivity contribution is -0.121. The number of ether oxygens (including phenoxy) is 1. The maximum Gasteiger partial charge on any atom is 0.220 e. The normalized spacial score (nSPS) is 13.0. The molecule has 0 aromatic rings. The zero-order chi connectivity index (χ0) is 14.7. The van der Waals surface area contributed by atoms with Crippen LogP contribution in [-0.2, 0) is 9.53 Å². The molecule has 0 radical (unpaired) electrons. The van der Waals surface area contributed by atoms with Gasteiger partial charge in [0, 0.05) is 19.6 Å². The molecule has 3 N–H and O–H groups in total. The second-order valence-corrected chi connectivity index (χ2v) is 5.74. The lowest BCUT2D eigenvalue weighted by Gasteiger charge is -2.19. The lowest BCUT2D eigenvalue weighted by atomic mass is 9.88. The number of nitrogens with one attached hydrogen (secondary N) is 1. The summed E-state index contributed by atoms with van der Waals surface area (Å²) in [6.07, 6.45) is 3.68. The predicted octanol–water partition coefficient (Wildman–Crippen LogP) is 2.32. The Morgan fingerprint density at radius 3 is 2.42 bits per heavy atom. The molecule has 19 heavy (non-hydrogen) atoms. The lowest BCUT2D eigenvalue weighted by Crippen LogP contribution is -2.26. The molecule has 0 aromatic carbocycles. The first kappa shape index (κ1) is 18.4. The number of carbonyl (C=O) groups is 1. The van der Waals surface area contributed by atoms with Gasteiger partial charge in [-0.1, -0.05) is 13.8 Å². The molecule has 0 bridgehead atoms. The number of rotatable bonds is 11. The highest BCUT2D eigenvalue weighted by atomic mass is 16.5. The Kier molecular flexibility index (Phi) is 10.9. The van der Waals surface area contributed by atoms with Crippen molar-refractivity contribution < 1.29 is 9.53 Å². The molecule has 0 saturated carbocycles. The summed E-state index contributed by atoms with van der Waals surface area (Å²) in [7, 11) is 0. The minimum absolute atomic E-state index is 0.146. The second-order valence-electron chi connectivity index (χ2n) is 5.74. The highest BCUT2D eigenvalue weighted by molar-refractivity contribution is 5.75. The van der Waals surface area contributed by atoms with Crippen LogP contribution in [0.1, 0.15) is 53.4 Å². The maximum absolute atomic E-state index is 11.7. The van der Waals surface area contributed by atoms with Gasteiger partial charge < -0.3 is 15.8 Å². The highest BCUT2D eigenvalue weighted by Gasteiger charge is 2.14. The largest absolute Gasteiger partial charge is 0.379 e.